The van der Waals surface area contributed by atoms with Crippen LogP contribution in [0.4, 0.5) is 0 Å². The van der Waals surface area contributed by atoms with Crippen LogP contribution in [0.5, 0.6) is 5.75 Å². The molecule has 1 aliphatic rings. The highest BCUT2D eigenvalue weighted by molar-refractivity contribution is 5.48. The van der Waals surface area contributed by atoms with Gasteiger partial charge in [-0.05, 0) is 24.3 Å². The highest BCUT2D eigenvalue weighted by Gasteiger charge is 2.38. The Balaban J connectivity index is 2.55. The third-order valence-corrected chi connectivity index (χ3v) is 3.88. The molecule has 1 aliphatic carbocycles. The van der Waals surface area contributed by atoms with E-state index in [-0.39, 0.29) is 5.92 Å². The molecule has 0 atom stereocenters. The van der Waals surface area contributed by atoms with Gasteiger partial charge in [-0.3, -0.25) is 0 Å². The number of phenolic OH excluding ortho intramolecular Hbond substituents is 1. The number of nitrogens with zero attached hydrogens (tertiary/aromatic N) is 1. The van der Waals surface area contributed by atoms with Crippen molar-refractivity contribution in [3.63, 3.8) is 0 Å². The summed E-state index contributed by atoms with van der Waals surface area (Å²) < 4.78 is 0. The van der Waals surface area contributed by atoms with Crippen molar-refractivity contribution in [3.05, 3.63) is 29.3 Å². The second-order valence-electron chi connectivity index (χ2n) is 5.34. The zero-order valence-corrected chi connectivity index (χ0v) is 10.9. The maximum atomic E-state index is 10.7. The van der Waals surface area contributed by atoms with Crippen molar-refractivity contribution in [2.45, 2.75) is 51.0 Å². The Hall–Kier alpha value is -1.60. The monoisotopic (exact) mass is 245 g/mol. The maximum absolute atomic E-state index is 10.7. The SMILES string of the molecule is CC(C)c1cccc(C2(N=C=O)CCCC2)c1O. The predicted octanol–water partition coefficient (Wildman–Crippen LogP) is 3.62. The second-order valence-corrected chi connectivity index (χ2v) is 5.34. The van der Waals surface area contributed by atoms with Gasteiger partial charge in [-0.1, -0.05) is 44.9 Å². The molecule has 3 nitrogen and oxygen atoms in total. The van der Waals surface area contributed by atoms with E-state index in [9.17, 15) is 9.90 Å². The van der Waals surface area contributed by atoms with Crippen molar-refractivity contribution in [1.29, 1.82) is 0 Å². The number of aromatic hydroxyl groups is 1. The number of hydrogen-bond donors (Lipinski definition) is 1. The molecule has 1 fully saturated rings. The summed E-state index contributed by atoms with van der Waals surface area (Å²) in [6.45, 7) is 4.09. The molecule has 0 spiro atoms. The van der Waals surface area contributed by atoms with Crippen LogP contribution in [0, 0.1) is 0 Å². The van der Waals surface area contributed by atoms with Crippen molar-refractivity contribution in [2.24, 2.45) is 4.99 Å². The number of benzene rings is 1. The Bertz CT molecular complexity index is 481. The van der Waals surface area contributed by atoms with Gasteiger partial charge in [0.15, 0.2) is 0 Å². The standard InChI is InChI=1S/C15H19NO2/c1-11(2)12-6-5-7-13(14(12)18)15(16-10-17)8-3-4-9-15/h5-7,11,18H,3-4,8-9H2,1-2H3. The molecule has 0 radical (unpaired) electrons. The summed E-state index contributed by atoms with van der Waals surface area (Å²) in [7, 11) is 0. The molecule has 2 rings (SSSR count). The molecule has 96 valence electrons. The molecule has 1 aromatic rings. The quantitative estimate of drug-likeness (QED) is 0.653. The summed E-state index contributed by atoms with van der Waals surface area (Å²) in [5, 5.41) is 10.4. The summed E-state index contributed by atoms with van der Waals surface area (Å²) in [5.74, 6) is 0.553. The summed E-state index contributed by atoms with van der Waals surface area (Å²) in [5.41, 5.74) is 1.16. The Morgan fingerprint density at radius 1 is 1.33 bits per heavy atom. The minimum atomic E-state index is -0.545. The molecule has 18 heavy (non-hydrogen) atoms. The summed E-state index contributed by atoms with van der Waals surface area (Å²) in [4.78, 5) is 14.7. The number of phenols is 1. The van der Waals surface area contributed by atoms with E-state index in [4.69, 9.17) is 0 Å². The van der Waals surface area contributed by atoms with Crippen molar-refractivity contribution >= 4 is 6.08 Å². The minimum Gasteiger partial charge on any atom is -0.507 e. The lowest BCUT2D eigenvalue weighted by Gasteiger charge is -2.25. The van der Waals surface area contributed by atoms with Crippen molar-refractivity contribution < 1.29 is 9.90 Å². The van der Waals surface area contributed by atoms with Crippen LogP contribution in [0.15, 0.2) is 23.2 Å². The molecule has 0 amide bonds. The summed E-state index contributed by atoms with van der Waals surface area (Å²) in [6, 6.07) is 5.74. The predicted molar refractivity (Wildman–Crippen MR) is 70.5 cm³/mol. The topological polar surface area (TPSA) is 49.7 Å². The first-order valence-corrected chi connectivity index (χ1v) is 6.52. The summed E-state index contributed by atoms with van der Waals surface area (Å²) >= 11 is 0. The lowest BCUT2D eigenvalue weighted by Crippen LogP contribution is -2.19. The smallest absolute Gasteiger partial charge is 0.235 e. The zero-order chi connectivity index (χ0) is 13.2. The van der Waals surface area contributed by atoms with Crippen LogP contribution in [-0.4, -0.2) is 11.2 Å². The molecule has 1 saturated carbocycles. The Kier molecular flexibility index (Phi) is 3.53. The Morgan fingerprint density at radius 2 is 2.00 bits per heavy atom. The fraction of sp³-hybridized carbons (Fsp3) is 0.533. The largest absolute Gasteiger partial charge is 0.507 e. The molecular formula is C15H19NO2. The van der Waals surface area contributed by atoms with Crippen LogP contribution in [0.25, 0.3) is 0 Å². The molecule has 0 unspecified atom stereocenters. The molecule has 1 N–H and O–H groups in total. The number of hydrogen-bond acceptors (Lipinski definition) is 3. The van der Waals surface area contributed by atoms with E-state index in [2.05, 4.69) is 4.99 Å². The number of aliphatic imine (C=N–C) groups is 1. The summed E-state index contributed by atoms with van der Waals surface area (Å²) in [6.07, 6.45) is 5.40. The number of para-hydroxylation sites is 1. The van der Waals surface area contributed by atoms with Gasteiger partial charge in [0.1, 0.15) is 11.3 Å². The van der Waals surface area contributed by atoms with Crippen LogP contribution in [0.3, 0.4) is 0 Å². The lowest BCUT2D eigenvalue weighted by molar-refractivity contribution is 0.403. The first-order valence-electron chi connectivity index (χ1n) is 6.52. The molecule has 1 aromatic carbocycles. The van der Waals surface area contributed by atoms with Crippen molar-refractivity contribution in [2.75, 3.05) is 0 Å². The zero-order valence-electron chi connectivity index (χ0n) is 10.9. The molecule has 3 heteroatoms. The maximum Gasteiger partial charge on any atom is 0.235 e. The second kappa shape index (κ2) is 4.95. The minimum absolute atomic E-state index is 0.253. The van der Waals surface area contributed by atoms with Gasteiger partial charge in [-0.2, -0.15) is 4.99 Å². The average Bonchev–Trinajstić information content (AvgIpc) is 2.79. The van der Waals surface area contributed by atoms with Gasteiger partial charge in [0.25, 0.3) is 0 Å². The highest BCUT2D eigenvalue weighted by atomic mass is 16.3. The van der Waals surface area contributed by atoms with Gasteiger partial charge >= 0.3 is 0 Å². The van der Waals surface area contributed by atoms with Crippen molar-refractivity contribution in [3.8, 4) is 5.75 Å². The van der Waals surface area contributed by atoms with Crippen LogP contribution < -0.4 is 0 Å². The van der Waals surface area contributed by atoms with Crippen molar-refractivity contribution in [1.82, 2.24) is 0 Å². The van der Waals surface area contributed by atoms with Crippen LogP contribution in [0.2, 0.25) is 0 Å². The first-order chi connectivity index (χ1) is 8.60. The van der Waals surface area contributed by atoms with E-state index < -0.39 is 5.54 Å². The van der Waals surface area contributed by atoms with Crippen LogP contribution >= 0.6 is 0 Å². The van der Waals surface area contributed by atoms with Gasteiger partial charge in [0.05, 0.1) is 0 Å². The Morgan fingerprint density at radius 3 is 2.56 bits per heavy atom. The first kappa shape index (κ1) is 12.8. The molecule has 0 aliphatic heterocycles. The van der Waals surface area contributed by atoms with Gasteiger partial charge in [0, 0.05) is 5.56 Å². The van der Waals surface area contributed by atoms with E-state index in [0.717, 1.165) is 36.8 Å². The van der Waals surface area contributed by atoms with E-state index in [0.29, 0.717) is 5.75 Å². The van der Waals surface area contributed by atoms with Gasteiger partial charge in [-0.25, -0.2) is 4.79 Å². The van der Waals surface area contributed by atoms with E-state index >= 15 is 0 Å². The average molecular weight is 245 g/mol. The molecular weight excluding hydrogens is 226 g/mol. The number of carbonyl (C=O) groups excluding carboxylic acids is 1. The van der Waals surface area contributed by atoms with E-state index in [1.165, 1.54) is 0 Å². The fourth-order valence-electron chi connectivity index (χ4n) is 2.89. The normalized spacial score (nSPS) is 17.7. The van der Waals surface area contributed by atoms with Crippen LogP contribution in [-0.2, 0) is 10.3 Å². The third-order valence-electron chi connectivity index (χ3n) is 3.88. The number of isocyanates is 1. The molecule has 0 saturated heterocycles. The van der Waals surface area contributed by atoms with Gasteiger partial charge in [0.2, 0.25) is 6.08 Å². The van der Waals surface area contributed by atoms with Crippen LogP contribution in [0.1, 0.15) is 56.6 Å². The van der Waals surface area contributed by atoms with Gasteiger partial charge < -0.3 is 5.11 Å². The molecule has 0 aromatic heterocycles. The fourth-order valence-corrected chi connectivity index (χ4v) is 2.89. The highest BCUT2D eigenvalue weighted by Crippen LogP contribution is 2.46. The van der Waals surface area contributed by atoms with E-state index in [1.807, 2.05) is 32.0 Å². The third kappa shape index (κ3) is 2.06. The van der Waals surface area contributed by atoms with E-state index in [1.54, 1.807) is 6.08 Å². The Labute approximate surface area is 108 Å². The molecule has 0 heterocycles. The van der Waals surface area contributed by atoms with Gasteiger partial charge in [-0.15, -0.1) is 0 Å². The number of rotatable bonds is 3. The lowest BCUT2D eigenvalue weighted by atomic mass is 9.85. The molecule has 0 bridgehead atoms.